The van der Waals surface area contributed by atoms with Gasteiger partial charge in [-0.1, -0.05) is 27.5 Å². The zero-order chi connectivity index (χ0) is 9.30. The first-order chi connectivity index (χ1) is 5.52. The topological polar surface area (TPSA) is 12.9 Å². The van der Waals surface area contributed by atoms with E-state index in [0.29, 0.717) is 10.0 Å². The third kappa shape index (κ3) is 1.93. The van der Waals surface area contributed by atoms with Gasteiger partial charge in [0.05, 0.1) is 0 Å². The molecule has 0 saturated carbocycles. The molecule has 0 aliphatic rings. The van der Waals surface area contributed by atoms with Crippen molar-refractivity contribution in [1.82, 2.24) is 4.98 Å². The molecule has 0 aromatic carbocycles. The van der Waals surface area contributed by atoms with Gasteiger partial charge >= 0.3 is 0 Å². The Labute approximate surface area is 81.9 Å². The van der Waals surface area contributed by atoms with Crippen LogP contribution in [-0.2, 0) is 0 Å². The maximum atomic E-state index is 12.2. The highest BCUT2D eigenvalue weighted by atomic mass is 79.9. The third-order valence-corrected chi connectivity index (χ3v) is 2.44. The average Bonchev–Trinajstić information content (AvgIpc) is 1.96. The molecule has 1 nitrogen and oxygen atoms in total. The van der Waals surface area contributed by atoms with Crippen LogP contribution in [0, 0.1) is 6.92 Å². The summed E-state index contributed by atoms with van der Waals surface area (Å²) in [5.41, 5.74) is 0.156. The summed E-state index contributed by atoms with van der Waals surface area (Å²) < 4.78 is 25.0. The van der Waals surface area contributed by atoms with E-state index in [9.17, 15) is 8.78 Å². The van der Waals surface area contributed by atoms with Crippen molar-refractivity contribution in [3.63, 3.8) is 0 Å². The van der Waals surface area contributed by atoms with E-state index in [0.717, 1.165) is 0 Å². The summed E-state index contributed by atoms with van der Waals surface area (Å²) in [5, 5.41) is 0.0720. The van der Waals surface area contributed by atoms with Gasteiger partial charge in [0, 0.05) is 4.47 Å². The molecule has 1 rings (SSSR count). The molecule has 0 saturated heterocycles. The molecular weight excluding hydrogens is 251 g/mol. The van der Waals surface area contributed by atoms with E-state index >= 15 is 0 Å². The molecule has 1 aromatic heterocycles. The van der Waals surface area contributed by atoms with E-state index in [1.165, 1.54) is 6.07 Å². The van der Waals surface area contributed by atoms with Crippen LogP contribution in [0.4, 0.5) is 8.78 Å². The van der Waals surface area contributed by atoms with Crippen molar-refractivity contribution in [1.29, 1.82) is 0 Å². The Morgan fingerprint density at radius 2 is 2.17 bits per heavy atom. The number of halogens is 4. The van der Waals surface area contributed by atoms with Crippen molar-refractivity contribution in [3.05, 3.63) is 26.9 Å². The lowest BCUT2D eigenvalue weighted by Crippen LogP contribution is -1.95. The molecule has 66 valence electrons. The Hall–Kier alpha value is -0.220. The molecule has 0 bridgehead atoms. The van der Waals surface area contributed by atoms with Gasteiger partial charge in [0.25, 0.3) is 6.43 Å². The van der Waals surface area contributed by atoms with Gasteiger partial charge in [-0.25, -0.2) is 13.8 Å². The predicted molar refractivity (Wildman–Crippen MR) is 46.6 cm³/mol. The Morgan fingerprint density at radius 3 is 2.67 bits per heavy atom. The summed E-state index contributed by atoms with van der Waals surface area (Å²) >= 11 is 8.60. The fourth-order valence-electron chi connectivity index (χ4n) is 0.779. The molecule has 0 N–H and O–H groups in total. The number of pyridine rings is 1. The van der Waals surface area contributed by atoms with Gasteiger partial charge < -0.3 is 0 Å². The van der Waals surface area contributed by atoms with Gasteiger partial charge in [0.1, 0.15) is 10.8 Å². The van der Waals surface area contributed by atoms with Gasteiger partial charge in [0.15, 0.2) is 0 Å². The minimum Gasteiger partial charge on any atom is -0.235 e. The largest absolute Gasteiger partial charge is 0.280 e. The molecular formula is C7H5BrClF2N. The number of rotatable bonds is 1. The Balaban J connectivity index is 3.28. The van der Waals surface area contributed by atoms with E-state index in [-0.39, 0.29) is 10.8 Å². The molecule has 1 aromatic rings. The van der Waals surface area contributed by atoms with Crippen LogP contribution in [-0.4, -0.2) is 4.98 Å². The molecule has 0 fully saturated rings. The standard InChI is InChI=1S/C7H5BrClF2N/c1-3-4(8)2-5(9)12-6(3)7(10)11/h2,7H,1H3. The van der Waals surface area contributed by atoms with E-state index < -0.39 is 6.43 Å². The van der Waals surface area contributed by atoms with Crippen LogP contribution in [0.3, 0.4) is 0 Å². The third-order valence-electron chi connectivity index (χ3n) is 1.42. The van der Waals surface area contributed by atoms with Gasteiger partial charge in [-0.15, -0.1) is 0 Å². The average molecular weight is 256 g/mol. The SMILES string of the molecule is Cc1c(Br)cc(Cl)nc1C(F)F. The minimum atomic E-state index is -2.58. The van der Waals surface area contributed by atoms with Crippen LogP contribution in [0.25, 0.3) is 0 Å². The van der Waals surface area contributed by atoms with Crippen LogP contribution >= 0.6 is 27.5 Å². The quantitative estimate of drug-likeness (QED) is 0.698. The lowest BCUT2D eigenvalue weighted by Gasteiger charge is -2.05. The highest BCUT2D eigenvalue weighted by Crippen LogP contribution is 2.28. The van der Waals surface area contributed by atoms with E-state index in [2.05, 4.69) is 20.9 Å². The predicted octanol–water partition coefficient (Wildman–Crippen LogP) is 3.74. The first-order valence-electron chi connectivity index (χ1n) is 3.13. The summed E-state index contributed by atoms with van der Waals surface area (Å²) in [6.45, 7) is 1.56. The number of hydrogen-bond donors (Lipinski definition) is 0. The van der Waals surface area contributed by atoms with Gasteiger partial charge in [-0.2, -0.15) is 0 Å². The highest BCUT2D eigenvalue weighted by Gasteiger charge is 2.15. The molecule has 12 heavy (non-hydrogen) atoms. The minimum absolute atomic E-state index is 0.0720. The Bertz CT molecular complexity index is 304. The number of aromatic nitrogens is 1. The maximum Gasteiger partial charge on any atom is 0.280 e. The first-order valence-corrected chi connectivity index (χ1v) is 4.30. The zero-order valence-electron chi connectivity index (χ0n) is 6.11. The van der Waals surface area contributed by atoms with Crippen LogP contribution in [0.5, 0.6) is 0 Å². The molecule has 0 spiro atoms. The zero-order valence-corrected chi connectivity index (χ0v) is 8.46. The van der Waals surface area contributed by atoms with Gasteiger partial charge in [0.2, 0.25) is 0 Å². The van der Waals surface area contributed by atoms with Crippen LogP contribution < -0.4 is 0 Å². The summed E-state index contributed by atoms with van der Waals surface area (Å²) in [6, 6.07) is 1.49. The molecule has 0 aliphatic heterocycles. The molecule has 0 unspecified atom stereocenters. The summed E-state index contributed by atoms with van der Waals surface area (Å²) in [5.74, 6) is 0. The van der Waals surface area contributed by atoms with Crippen LogP contribution in [0.15, 0.2) is 10.5 Å². The maximum absolute atomic E-state index is 12.2. The van der Waals surface area contributed by atoms with Crippen molar-refractivity contribution in [2.24, 2.45) is 0 Å². The van der Waals surface area contributed by atoms with Crippen LogP contribution in [0.1, 0.15) is 17.7 Å². The molecule has 1 heterocycles. The molecule has 5 heteroatoms. The normalized spacial score (nSPS) is 10.8. The van der Waals surface area contributed by atoms with E-state index in [1.54, 1.807) is 6.92 Å². The fraction of sp³-hybridized carbons (Fsp3) is 0.286. The second-order valence-corrected chi connectivity index (χ2v) is 3.48. The van der Waals surface area contributed by atoms with Crippen molar-refractivity contribution < 1.29 is 8.78 Å². The van der Waals surface area contributed by atoms with E-state index in [4.69, 9.17) is 11.6 Å². The van der Waals surface area contributed by atoms with Gasteiger partial charge in [-0.3, -0.25) is 0 Å². The lowest BCUT2D eigenvalue weighted by molar-refractivity contribution is 0.145. The van der Waals surface area contributed by atoms with E-state index in [1.807, 2.05) is 0 Å². The summed E-state index contributed by atoms with van der Waals surface area (Å²) in [4.78, 5) is 3.52. The van der Waals surface area contributed by atoms with Crippen molar-refractivity contribution in [2.75, 3.05) is 0 Å². The first kappa shape index (κ1) is 9.86. The molecule has 0 amide bonds. The molecule has 0 atom stereocenters. The summed E-state index contributed by atoms with van der Waals surface area (Å²) in [7, 11) is 0. The number of alkyl halides is 2. The second-order valence-electron chi connectivity index (χ2n) is 2.24. The smallest absolute Gasteiger partial charge is 0.235 e. The molecule has 0 radical (unpaired) electrons. The van der Waals surface area contributed by atoms with Gasteiger partial charge in [-0.05, 0) is 18.6 Å². The Kier molecular flexibility index (Phi) is 3.01. The van der Waals surface area contributed by atoms with Crippen molar-refractivity contribution in [3.8, 4) is 0 Å². The summed E-state index contributed by atoms with van der Waals surface area (Å²) in [6.07, 6.45) is -2.58. The number of nitrogens with zero attached hydrogens (tertiary/aromatic N) is 1. The lowest BCUT2D eigenvalue weighted by atomic mass is 10.2. The fourth-order valence-corrected chi connectivity index (χ4v) is 1.53. The second kappa shape index (κ2) is 3.66. The van der Waals surface area contributed by atoms with Crippen molar-refractivity contribution in [2.45, 2.75) is 13.3 Å². The molecule has 0 aliphatic carbocycles. The monoisotopic (exact) mass is 255 g/mol. The highest BCUT2D eigenvalue weighted by molar-refractivity contribution is 9.10. The Morgan fingerprint density at radius 1 is 1.58 bits per heavy atom. The van der Waals surface area contributed by atoms with Crippen LogP contribution in [0.2, 0.25) is 5.15 Å². The number of hydrogen-bond acceptors (Lipinski definition) is 1. The van der Waals surface area contributed by atoms with Crippen molar-refractivity contribution >= 4 is 27.5 Å².